The summed E-state index contributed by atoms with van der Waals surface area (Å²) in [5.41, 5.74) is 0.413. The Balaban J connectivity index is 2.25. The first-order valence-electron chi connectivity index (χ1n) is 9.13. The van der Waals surface area contributed by atoms with E-state index >= 15 is 0 Å². The van der Waals surface area contributed by atoms with E-state index in [9.17, 15) is 9.59 Å². The van der Waals surface area contributed by atoms with Gasteiger partial charge in [0, 0.05) is 24.7 Å². The molecule has 8 heteroatoms. The highest BCUT2D eigenvalue weighted by molar-refractivity contribution is 7.99. The molecule has 0 saturated heterocycles. The molecule has 0 saturated carbocycles. The van der Waals surface area contributed by atoms with Crippen LogP contribution in [0.25, 0.3) is 10.9 Å². The molecule has 1 heterocycles. The number of nitrogens with zero attached hydrogens (tertiary/aromatic N) is 2. The average molecular weight is 412 g/mol. The Hall–Kier alpha value is -1.57. The second-order valence-electron chi connectivity index (χ2n) is 6.42. The zero-order chi connectivity index (χ0) is 19.8. The van der Waals surface area contributed by atoms with Gasteiger partial charge in [-0.3, -0.25) is 14.2 Å². The lowest BCUT2D eigenvalue weighted by molar-refractivity contribution is -0.118. The normalized spacial score (nSPS) is 11.3. The van der Waals surface area contributed by atoms with E-state index in [0.717, 1.165) is 6.42 Å². The Kier molecular flexibility index (Phi) is 8.60. The molecule has 0 aliphatic rings. The minimum atomic E-state index is -0.127. The Morgan fingerprint density at radius 1 is 1.41 bits per heavy atom. The molecule has 2 rings (SSSR count). The van der Waals surface area contributed by atoms with E-state index in [4.69, 9.17) is 16.3 Å². The number of carbonyl (C=O) groups is 1. The molecule has 0 spiro atoms. The minimum absolute atomic E-state index is 0.0722. The summed E-state index contributed by atoms with van der Waals surface area (Å²) in [6.45, 7) is 7.63. The lowest BCUT2D eigenvalue weighted by atomic mass is 10.2. The lowest BCUT2D eigenvalue weighted by Crippen LogP contribution is -2.27. The fourth-order valence-corrected chi connectivity index (χ4v) is 3.49. The second kappa shape index (κ2) is 10.7. The summed E-state index contributed by atoms with van der Waals surface area (Å²) in [7, 11) is 0. The molecule has 1 aromatic carbocycles. The molecule has 0 fully saturated rings. The monoisotopic (exact) mass is 411 g/mol. The van der Waals surface area contributed by atoms with Crippen LogP contribution in [0.5, 0.6) is 0 Å². The number of fused-ring (bicyclic) bond motifs is 1. The van der Waals surface area contributed by atoms with Crippen LogP contribution in [0, 0.1) is 0 Å². The highest BCUT2D eigenvalue weighted by Crippen LogP contribution is 2.20. The smallest absolute Gasteiger partial charge is 0.262 e. The van der Waals surface area contributed by atoms with Crippen LogP contribution in [0.1, 0.15) is 33.6 Å². The number of nitrogens with one attached hydrogen (secondary N) is 1. The zero-order valence-electron chi connectivity index (χ0n) is 16.0. The Morgan fingerprint density at radius 2 is 2.19 bits per heavy atom. The molecular formula is C19H26ClN3O3S. The van der Waals surface area contributed by atoms with Gasteiger partial charge in [0.15, 0.2) is 5.16 Å². The van der Waals surface area contributed by atoms with Crippen LogP contribution in [0.2, 0.25) is 5.02 Å². The van der Waals surface area contributed by atoms with Gasteiger partial charge in [0.05, 0.1) is 22.8 Å². The molecule has 0 aliphatic heterocycles. The molecule has 1 aromatic heterocycles. The first-order valence-corrected chi connectivity index (χ1v) is 10.5. The number of carbonyl (C=O) groups excluding carboxylic acids is 1. The van der Waals surface area contributed by atoms with Crippen LogP contribution in [0.3, 0.4) is 0 Å². The third kappa shape index (κ3) is 6.52. The molecule has 0 atom stereocenters. The fourth-order valence-electron chi connectivity index (χ4n) is 2.47. The summed E-state index contributed by atoms with van der Waals surface area (Å²) in [6.07, 6.45) is 1.72. The van der Waals surface area contributed by atoms with Crippen LogP contribution in [0.4, 0.5) is 0 Å². The Labute approximate surface area is 168 Å². The lowest BCUT2D eigenvalue weighted by Gasteiger charge is -2.14. The van der Waals surface area contributed by atoms with E-state index < -0.39 is 0 Å². The molecule has 0 aliphatic carbocycles. The van der Waals surface area contributed by atoms with Crippen LogP contribution in [0.15, 0.2) is 28.2 Å². The molecule has 27 heavy (non-hydrogen) atoms. The van der Waals surface area contributed by atoms with Crippen LogP contribution in [-0.4, -0.2) is 40.5 Å². The van der Waals surface area contributed by atoms with Crippen molar-refractivity contribution in [2.24, 2.45) is 0 Å². The minimum Gasteiger partial charge on any atom is -0.379 e. The first kappa shape index (κ1) is 21.7. The molecule has 1 N–H and O–H groups in total. The topological polar surface area (TPSA) is 73.2 Å². The SMILES string of the molecule is CCCNC(=O)CSc1nc2cc(Cl)ccc2c(=O)n1CCCOC(C)C. The van der Waals surface area contributed by atoms with Crippen LogP contribution < -0.4 is 10.9 Å². The number of thioether (sulfide) groups is 1. The number of aromatic nitrogens is 2. The predicted molar refractivity (Wildman–Crippen MR) is 111 cm³/mol. The van der Waals surface area contributed by atoms with Crippen molar-refractivity contribution in [3.8, 4) is 0 Å². The van der Waals surface area contributed by atoms with E-state index in [-0.39, 0.29) is 23.3 Å². The number of amides is 1. The van der Waals surface area contributed by atoms with Gasteiger partial charge in [-0.2, -0.15) is 0 Å². The number of benzene rings is 1. The van der Waals surface area contributed by atoms with E-state index in [2.05, 4.69) is 10.3 Å². The summed E-state index contributed by atoms with van der Waals surface area (Å²) in [6, 6.07) is 5.05. The maximum absolute atomic E-state index is 12.9. The molecule has 148 valence electrons. The quantitative estimate of drug-likeness (QED) is 0.368. The van der Waals surface area contributed by atoms with Gasteiger partial charge < -0.3 is 10.1 Å². The predicted octanol–water partition coefficient (Wildman–Crippen LogP) is 3.48. The highest BCUT2D eigenvalue weighted by Gasteiger charge is 2.13. The summed E-state index contributed by atoms with van der Waals surface area (Å²) in [5.74, 6) is 0.137. The highest BCUT2D eigenvalue weighted by atomic mass is 35.5. The van der Waals surface area contributed by atoms with Crippen molar-refractivity contribution in [2.45, 2.75) is 51.4 Å². The van der Waals surface area contributed by atoms with E-state index in [1.165, 1.54) is 11.8 Å². The van der Waals surface area contributed by atoms with Gasteiger partial charge >= 0.3 is 0 Å². The maximum Gasteiger partial charge on any atom is 0.262 e. The molecule has 0 bridgehead atoms. The fraction of sp³-hybridized carbons (Fsp3) is 0.526. The molecule has 0 radical (unpaired) electrons. The van der Waals surface area contributed by atoms with Gasteiger partial charge in [0.2, 0.25) is 5.91 Å². The van der Waals surface area contributed by atoms with Crippen molar-refractivity contribution in [1.82, 2.24) is 14.9 Å². The molecule has 6 nitrogen and oxygen atoms in total. The first-order chi connectivity index (χ1) is 12.9. The zero-order valence-corrected chi connectivity index (χ0v) is 17.5. The third-order valence-corrected chi connectivity index (χ3v) is 4.98. The average Bonchev–Trinajstić information content (AvgIpc) is 2.62. The number of halogens is 1. The van der Waals surface area contributed by atoms with Gasteiger partial charge in [-0.25, -0.2) is 4.98 Å². The molecule has 1 amide bonds. The van der Waals surface area contributed by atoms with Crippen LogP contribution >= 0.6 is 23.4 Å². The second-order valence-corrected chi connectivity index (χ2v) is 7.80. The van der Waals surface area contributed by atoms with Gasteiger partial charge in [0.25, 0.3) is 5.56 Å². The number of hydrogen-bond acceptors (Lipinski definition) is 5. The summed E-state index contributed by atoms with van der Waals surface area (Å²) in [4.78, 5) is 29.5. The summed E-state index contributed by atoms with van der Waals surface area (Å²) in [5, 5.41) is 4.39. The Morgan fingerprint density at radius 3 is 2.89 bits per heavy atom. The van der Waals surface area contributed by atoms with Crippen molar-refractivity contribution in [1.29, 1.82) is 0 Å². The van der Waals surface area contributed by atoms with Crippen molar-refractivity contribution in [3.63, 3.8) is 0 Å². The van der Waals surface area contributed by atoms with E-state index in [1.54, 1.807) is 22.8 Å². The third-order valence-electron chi connectivity index (χ3n) is 3.76. The van der Waals surface area contributed by atoms with E-state index in [1.807, 2.05) is 20.8 Å². The standard InChI is InChI=1S/C19H26ClN3O3S/c1-4-8-21-17(24)12-27-19-22-16-11-14(20)6-7-15(16)18(25)23(19)9-5-10-26-13(2)3/h6-7,11,13H,4-5,8-10,12H2,1-3H3,(H,21,24). The van der Waals surface area contributed by atoms with Crippen molar-refractivity contribution < 1.29 is 9.53 Å². The Bertz CT molecular complexity index is 839. The molecule has 0 unspecified atom stereocenters. The van der Waals surface area contributed by atoms with Crippen molar-refractivity contribution in [2.75, 3.05) is 18.9 Å². The maximum atomic E-state index is 12.9. The molecular weight excluding hydrogens is 386 g/mol. The number of ether oxygens (including phenoxy) is 1. The van der Waals surface area contributed by atoms with Crippen molar-refractivity contribution >= 4 is 40.2 Å². The van der Waals surface area contributed by atoms with E-state index in [0.29, 0.717) is 47.2 Å². The summed E-state index contributed by atoms with van der Waals surface area (Å²) >= 11 is 7.30. The van der Waals surface area contributed by atoms with Gasteiger partial charge in [-0.05, 0) is 44.9 Å². The van der Waals surface area contributed by atoms with Gasteiger partial charge in [0.1, 0.15) is 0 Å². The van der Waals surface area contributed by atoms with Gasteiger partial charge in [-0.15, -0.1) is 0 Å². The number of hydrogen-bond donors (Lipinski definition) is 1. The molecule has 2 aromatic rings. The van der Waals surface area contributed by atoms with Gasteiger partial charge in [-0.1, -0.05) is 30.3 Å². The van der Waals surface area contributed by atoms with Crippen molar-refractivity contribution in [3.05, 3.63) is 33.6 Å². The van der Waals surface area contributed by atoms with Crippen LogP contribution in [-0.2, 0) is 16.1 Å². The largest absolute Gasteiger partial charge is 0.379 e. The summed E-state index contributed by atoms with van der Waals surface area (Å²) < 4.78 is 7.19. The number of rotatable bonds is 10.